The fraction of sp³-hybridized carbons (Fsp3) is 0.565. The van der Waals surface area contributed by atoms with Gasteiger partial charge in [-0.1, -0.05) is 12.8 Å². The predicted octanol–water partition coefficient (Wildman–Crippen LogP) is 4.61. The molecule has 29 heavy (non-hydrogen) atoms. The van der Waals surface area contributed by atoms with E-state index in [4.69, 9.17) is 4.74 Å². The Bertz CT molecular complexity index is 817. The molecule has 2 aliphatic heterocycles. The van der Waals surface area contributed by atoms with Crippen molar-refractivity contribution >= 4 is 17.2 Å². The van der Waals surface area contributed by atoms with Crippen molar-refractivity contribution in [2.45, 2.75) is 51.5 Å². The van der Waals surface area contributed by atoms with Gasteiger partial charge in [0, 0.05) is 24.7 Å². The quantitative estimate of drug-likeness (QED) is 0.734. The maximum atomic E-state index is 13.2. The zero-order valence-electron chi connectivity index (χ0n) is 17.5. The molecule has 5 nitrogen and oxygen atoms in total. The molecule has 0 bridgehead atoms. The molecule has 3 heterocycles. The third-order valence-electron chi connectivity index (χ3n) is 6.24. The zero-order chi connectivity index (χ0) is 20.2. The van der Waals surface area contributed by atoms with Gasteiger partial charge >= 0.3 is 0 Å². The SMILES string of the molecule is COc1ccc(-c2nc(C)c(C(=O)N3CCC(N4CCCCCC4)CC3)s2)cc1. The normalized spacial score (nSPS) is 19.2. The third-order valence-corrected chi connectivity index (χ3v) is 7.43. The van der Waals surface area contributed by atoms with Crippen LogP contribution in [0.4, 0.5) is 0 Å². The van der Waals surface area contributed by atoms with Crippen LogP contribution >= 0.6 is 11.3 Å². The topological polar surface area (TPSA) is 45.7 Å². The van der Waals surface area contributed by atoms with Crippen LogP contribution in [-0.4, -0.2) is 60.0 Å². The average molecular weight is 414 g/mol. The van der Waals surface area contributed by atoms with Crippen molar-refractivity contribution in [3.63, 3.8) is 0 Å². The minimum Gasteiger partial charge on any atom is -0.497 e. The van der Waals surface area contributed by atoms with Crippen molar-refractivity contribution in [1.29, 1.82) is 0 Å². The summed E-state index contributed by atoms with van der Waals surface area (Å²) in [7, 11) is 1.66. The number of hydrogen-bond donors (Lipinski definition) is 0. The lowest BCUT2D eigenvalue weighted by atomic mass is 10.0. The van der Waals surface area contributed by atoms with Crippen molar-refractivity contribution in [3.8, 4) is 16.3 Å². The summed E-state index contributed by atoms with van der Waals surface area (Å²) in [5.74, 6) is 0.972. The summed E-state index contributed by atoms with van der Waals surface area (Å²) in [6, 6.07) is 8.51. The molecule has 0 aliphatic carbocycles. The second-order valence-corrected chi connectivity index (χ2v) is 9.13. The molecular formula is C23H31N3O2S. The number of methoxy groups -OCH3 is 1. The molecule has 156 valence electrons. The second kappa shape index (κ2) is 9.26. The van der Waals surface area contributed by atoms with Gasteiger partial charge in [0.1, 0.15) is 15.6 Å². The van der Waals surface area contributed by atoms with Gasteiger partial charge < -0.3 is 14.5 Å². The van der Waals surface area contributed by atoms with Crippen LogP contribution in [0.2, 0.25) is 0 Å². The summed E-state index contributed by atoms with van der Waals surface area (Å²) in [6.07, 6.45) is 7.58. The number of aromatic nitrogens is 1. The molecule has 2 aromatic rings. The van der Waals surface area contributed by atoms with Gasteiger partial charge in [-0.2, -0.15) is 0 Å². The molecule has 4 rings (SSSR count). The molecule has 2 fully saturated rings. The Kier molecular flexibility index (Phi) is 6.50. The summed E-state index contributed by atoms with van der Waals surface area (Å²) < 4.78 is 5.23. The van der Waals surface area contributed by atoms with E-state index in [1.807, 2.05) is 36.1 Å². The van der Waals surface area contributed by atoms with E-state index in [1.54, 1.807) is 7.11 Å². The van der Waals surface area contributed by atoms with E-state index in [0.29, 0.717) is 6.04 Å². The number of amides is 1. The molecule has 1 amide bonds. The Morgan fingerprint density at radius 1 is 1.03 bits per heavy atom. The summed E-state index contributed by atoms with van der Waals surface area (Å²) >= 11 is 1.51. The number of rotatable bonds is 4. The molecule has 1 aromatic heterocycles. The average Bonchev–Trinajstić information content (AvgIpc) is 2.97. The molecule has 1 aromatic carbocycles. The van der Waals surface area contributed by atoms with Crippen LogP contribution in [-0.2, 0) is 0 Å². The predicted molar refractivity (Wildman–Crippen MR) is 118 cm³/mol. The van der Waals surface area contributed by atoms with Crippen molar-refractivity contribution < 1.29 is 9.53 Å². The number of carbonyl (C=O) groups excluding carboxylic acids is 1. The van der Waals surface area contributed by atoms with Crippen LogP contribution in [0.3, 0.4) is 0 Å². The number of likely N-dealkylation sites (tertiary alicyclic amines) is 2. The first-order valence-electron chi connectivity index (χ1n) is 10.8. The first kappa shape index (κ1) is 20.4. The fourth-order valence-corrected chi connectivity index (χ4v) is 5.53. The minimum atomic E-state index is 0.147. The number of carbonyl (C=O) groups is 1. The van der Waals surface area contributed by atoms with E-state index >= 15 is 0 Å². The maximum Gasteiger partial charge on any atom is 0.265 e. The lowest BCUT2D eigenvalue weighted by Crippen LogP contribution is -2.47. The van der Waals surface area contributed by atoms with Crippen molar-refractivity contribution in [2.24, 2.45) is 0 Å². The third kappa shape index (κ3) is 4.64. The lowest BCUT2D eigenvalue weighted by Gasteiger charge is -2.38. The first-order valence-corrected chi connectivity index (χ1v) is 11.6. The van der Waals surface area contributed by atoms with Crippen LogP contribution in [0.1, 0.15) is 53.9 Å². The minimum absolute atomic E-state index is 0.147. The summed E-state index contributed by atoms with van der Waals surface area (Å²) in [4.78, 5) is 23.3. The van der Waals surface area contributed by atoms with Crippen molar-refractivity contribution in [1.82, 2.24) is 14.8 Å². The standard InChI is InChI=1S/C23H31N3O2S/c1-17-21(29-22(24-17)18-7-9-20(28-2)10-8-18)23(27)26-15-11-19(12-16-26)25-13-5-3-4-6-14-25/h7-10,19H,3-6,11-16H2,1-2H3. The molecule has 2 aliphatic rings. The highest BCUT2D eigenvalue weighted by molar-refractivity contribution is 7.17. The van der Waals surface area contributed by atoms with Crippen LogP contribution in [0.25, 0.3) is 10.6 Å². The monoisotopic (exact) mass is 413 g/mol. The number of benzene rings is 1. The van der Waals surface area contributed by atoms with E-state index < -0.39 is 0 Å². The first-order chi connectivity index (χ1) is 14.2. The molecule has 2 saturated heterocycles. The number of hydrogen-bond acceptors (Lipinski definition) is 5. The molecule has 0 atom stereocenters. The van der Waals surface area contributed by atoms with E-state index in [0.717, 1.165) is 52.8 Å². The Morgan fingerprint density at radius 2 is 1.69 bits per heavy atom. The number of nitrogens with zero attached hydrogens (tertiary/aromatic N) is 3. The second-order valence-electron chi connectivity index (χ2n) is 8.14. The van der Waals surface area contributed by atoms with E-state index in [1.165, 1.54) is 50.1 Å². The largest absolute Gasteiger partial charge is 0.497 e. The number of thiazole rings is 1. The summed E-state index contributed by atoms with van der Waals surface area (Å²) in [6.45, 7) is 6.13. The molecule has 0 spiro atoms. The fourth-order valence-electron chi connectivity index (χ4n) is 4.49. The van der Waals surface area contributed by atoms with Gasteiger partial charge in [-0.3, -0.25) is 4.79 Å². The zero-order valence-corrected chi connectivity index (χ0v) is 18.3. The smallest absolute Gasteiger partial charge is 0.265 e. The van der Waals surface area contributed by atoms with Gasteiger partial charge in [0.05, 0.1) is 12.8 Å². The number of aryl methyl sites for hydroxylation is 1. The van der Waals surface area contributed by atoms with E-state index in [9.17, 15) is 4.79 Å². The Balaban J connectivity index is 1.40. The maximum absolute atomic E-state index is 13.2. The molecule has 0 radical (unpaired) electrons. The van der Waals surface area contributed by atoms with Gasteiger partial charge in [-0.25, -0.2) is 4.98 Å². The lowest BCUT2D eigenvalue weighted by molar-refractivity contribution is 0.0626. The highest BCUT2D eigenvalue weighted by Gasteiger charge is 2.29. The summed E-state index contributed by atoms with van der Waals surface area (Å²) in [5, 5.41) is 0.896. The van der Waals surface area contributed by atoms with E-state index in [-0.39, 0.29) is 5.91 Å². The molecule has 0 unspecified atom stereocenters. The highest BCUT2D eigenvalue weighted by atomic mass is 32.1. The highest BCUT2D eigenvalue weighted by Crippen LogP contribution is 2.31. The van der Waals surface area contributed by atoms with Crippen LogP contribution in [0, 0.1) is 6.92 Å². The van der Waals surface area contributed by atoms with Crippen LogP contribution < -0.4 is 4.74 Å². The van der Waals surface area contributed by atoms with Gasteiger partial charge in [0.25, 0.3) is 5.91 Å². The van der Waals surface area contributed by atoms with Gasteiger partial charge in [0.2, 0.25) is 0 Å². The van der Waals surface area contributed by atoms with Crippen molar-refractivity contribution in [2.75, 3.05) is 33.3 Å². The van der Waals surface area contributed by atoms with Crippen LogP contribution in [0.5, 0.6) is 5.75 Å². The number of piperidine rings is 1. The molecule has 6 heteroatoms. The van der Waals surface area contributed by atoms with Gasteiger partial charge in [0.15, 0.2) is 0 Å². The molecule has 0 saturated carbocycles. The summed E-state index contributed by atoms with van der Waals surface area (Å²) in [5.41, 5.74) is 1.86. The molecular weight excluding hydrogens is 382 g/mol. The van der Waals surface area contributed by atoms with Gasteiger partial charge in [-0.15, -0.1) is 11.3 Å². The van der Waals surface area contributed by atoms with E-state index in [2.05, 4.69) is 9.88 Å². The molecule has 0 N–H and O–H groups in total. The Labute approximate surface area is 177 Å². The van der Waals surface area contributed by atoms with Crippen molar-refractivity contribution in [3.05, 3.63) is 34.8 Å². The Morgan fingerprint density at radius 3 is 2.31 bits per heavy atom. The Hall–Kier alpha value is -1.92. The number of ether oxygens (including phenoxy) is 1. The van der Waals surface area contributed by atoms with Gasteiger partial charge in [-0.05, 0) is 70.0 Å². The van der Waals surface area contributed by atoms with Crippen LogP contribution in [0.15, 0.2) is 24.3 Å².